The van der Waals surface area contributed by atoms with Gasteiger partial charge in [-0.25, -0.2) is 9.97 Å². The average molecular weight is 636 g/mol. The average Bonchev–Trinajstić information content (AvgIpc) is 3.74. The number of fused-ring (bicyclic) bond motifs is 10. The van der Waals surface area contributed by atoms with Gasteiger partial charge in [-0.15, -0.1) is 11.3 Å². The molecule has 1 aliphatic heterocycles. The molecule has 0 unspecified atom stereocenters. The fourth-order valence-electron chi connectivity index (χ4n) is 7.83. The van der Waals surface area contributed by atoms with E-state index in [2.05, 4.69) is 157 Å². The fourth-order valence-corrected chi connectivity index (χ4v) is 12.3. The second kappa shape index (κ2) is 9.82. The molecule has 0 spiro atoms. The van der Waals surface area contributed by atoms with Gasteiger partial charge in [0.15, 0.2) is 5.82 Å². The third-order valence-corrected chi connectivity index (χ3v) is 14.7. The molecule has 6 aromatic carbocycles. The summed E-state index contributed by atoms with van der Waals surface area (Å²) < 4.78 is 5.07. The molecule has 0 saturated carbocycles. The molecule has 9 aromatic rings. The molecule has 0 amide bonds. The fraction of sp³-hybridized carbons (Fsp3) is 0.0476. The van der Waals surface area contributed by atoms with E-state index in [1.54, 1.807) is 0 Å². The summed E-state index contributed by atoms with van der Waals surface area (Å²) in [7, 11) is -2.02. The van der Waals surface area contributed by atoms with Crippen LogP contribution in [0, 0.1) is 0 Å². The number of rotatable bonds is 3. The lowest BCUT2D eigenvalue weighted by atomic mass is 10.1. The molecule has 5 heteroatoms. The first-order valence-corrected chi connectivity index (χ1v) is 19.9. The Balaban J connectivity index is 1.25. The van der Waals surface area contributed by atoms with E-state index in [0.29, 0.717) is 0 Å². The Hall–Kier alpha value is -5.36. The minimum absolute atomic E-state index is 0.763. The highest BCUT2D eigenvalue weighted by atomic mass is 32.1. The SMILES string of the molecule is C[Si]1(C)c2ccccc2-c2nc(-c3cccc(-n4c5ccccc5c5ccc6c7ccccc7sc6c54)c3)nc(-c3ccccc3)c21. The summed E-state index contributed by atoms with van der Waals surface area (Å²) in [6, 6.07) is 50.4. The van der Waals surface area contributed by atoms with Crippen LogP contribution in [-0.4, -0.2) is 22.6 Å². The van der Waals surface area contributed by atoms with Crippen LogP contribution in [-0.2, 0) is 0 Å². The minimum atomic E-state index is -2.02. The van der Waals surface area contributed by atoms with Gasteiger partial charge in [0.2, 0.25) is 0 Å². The zero-order valence-electron chi connectivity index (χ0n) is 26.0. The highest BCUT2D eigenvalue weighted by Gasteiger charge is 2.41. The van der Waals surface area contributed by atoms with Gasteiger partial charge in [0.1, 0.15) is 8.07 Å². The van der Waals surface area contributed by atoms with Crippen molar-refractivity contribution in [1.82, 2.24) is 14.5 Å². The summed E-state index contributed by atoms with van der Waals surface area (Å²) in [5, 5.41) is 7.92. The maximum Gasteiger partial charge on any atom is 0.160 e. The van der Waals surface area contributed by atoms with Crippen LogP contribution < -0.4 is 10.4 Å². The molecule has 3 nitrogen and oxygen atoms in total. The summed E-state index contributed by atoms with van der Waals surface area (Å²) >= 11 is 1.88. The Labute approximate surface area is 277 Å². The van der Waals surface area contributed by atoms with Crippen LogP contribution in [0.25, 0.3) is 81.6 Å². The van der Waals surface area contributed by atoms with Crippen molar-refractivity contribution in [2.75, 3.05) is 0 Å². The van der Waals surface area contributed by atoms with Crippen LogP contribution in [0.2, 0.25) is 13.1 Å². The molecule has 0 radical (unpaired) electrons. The van der Waals surface area contributed by atoms with Crippen LogP contribution in [0.15, 0.2) is 140 Å². The quantitative estimate of drug-likeness (QED) is 0.181. The van der Waals surface area contributed by atoms with Crippen molar-refractivity contribution in [3.63, 3.8) is 0 Å². The second-order valence-corrected chi connectivity index (χ2v) is 18.3. The molecule has 0 N–H and O–H groups in total. The Morgan fingerprint density at radius 3 is 2.17 bits per heavy atom. The van der Waals surface area contributed by atoms with E-state index in [4.69, 9.17) is 9.97 Å². The van der Waals surface area contributed by atoms with Crippen LogP contribution in [0.4, 0.5) is 0 Å². The lowest BCUT2D eigenvalue weighted by molar-refractivity contribution is 1.17. The standard InChI is InChI=1S/C42H29N3SSi/c1-47(2)36-22-11-8-19-33(36)38-41(47)37(26-13-4-3-5-14-26)43-42(44-38)27-15-12-16-28(25-27)45-34-20-9-6-17-29(34)31-23-24-32-30-18-7-10-21-35(30)46-40(32)39(31)45/h3-25H,1-2H3. The Morgan fingerprint density at radius 2 is 1.28 bits per heavy atom. The number of hydrogen-bond donors (Lipinski definition) is 0. The van der Waals surface area contributed by atoms with Gasteiger partial charge in [-0.05, 0) is 40.2 Å². The number of nitrogens with zero attached hydrogens (tertiary/aromatic N) is 3. The normalized spacial score (nSPS) is 13.5. The van der Waals surface area contributed by atoms with Crippen LogP contribution in [0.3, 0.4) is 0 Å². The zero-order chi connectivity index (χ0) is 31.3. The van der Waals surface area contributed by atoms with Gasteiger partial charge in [-0.1, -0.05) is 128 Å². The molecule has 10 rings (SSSR count). The highest BCUT2D eigenvalue weighted by Crippen LogP contribution is 2.43. The van der Waals surface area contributed by atoms with E-state index in [-0.39, 0.29) is 0 Å². The van der Waals surface area contributed by atoms with E-state index in [1.807, 2.05) is 11.3 Å². The first-order chi connectivity index (χ1) is 23.1. The third kappa shape index (κ3) is 3.78. The number of para-hydroxylation sites is 1. The molecule has 0 fully saturated rings. The van der Waals surface area contributed by atoms with E-state index in [1.165, 1.54) is 57.9 Å². The van der Waals surface area contributed by atoms with E-state index in [9.17, 15) is 0 Å². The van der Waals surface area contributed by atoms with Gasteiger partial charge in [-0.2, -0.15) is 0 Å². The number of aromatic nitrogens is 3. The third-order valence-electron chi connectivity index (χ3n) is 9.98. The molecule has 47 heavy (non-hydrogen) atoms. The van der Waals surface area contributed by atoms with Crippen molar-refractivity contribution in [3.05, 3.63) is 140 Å². The van der Waals surface area contributed by atoms with Crippen molar-refractivity contribution in [2.45, 2.75) is 13.1 Å². The molecule has 0 atom stereocenters. The molecule has 0 aliphatic carbocycles. The summed E-state index contributed by atoms with van der Waals surface area (Å²) in [4.78, 5) is 10.8. The van der Waals surface area contributed by atoms with Crippen LogP contribution in [0.1, 0.15) is 0 Å². The molecule has 4 heterocycles. The summed E-state index contributed by atoms with van der Waals surface area (Å²) in [6.07, 6.45) is 0. The predicted octanol–water partition coefficient (Wildman–Crippen LogP) is 10.1. The number of thiophene rings is 1. The number of benzene rings is 6. The Morgan fingerprint density at radius 1 is 0.574 bits per heavy atom. The molecule has 0 saturated heterocycles. The van der Waals surface area contributed by atoms with Crippen LogP contribution >= 0.6 is 11.3 Å². The lowest BCUT2D eigenvalue weighted by Crippen LogP contribution is -2.50. The van der Waals surface area contributed by atoms with Crippen LogP contribution in [0.5, 0.6) is 0 Å². The molecular formula is C42H29N3SSi. The second-order valence-electron chi connectivity index (χ2n) is 13.0. The van der Waals surface area contributed by atoms with Gasteiger partial charge >= 0.3 is 0 Å². The molecule has 0 bridgehead atoms. The van der Waals surface area contributed by atoms with Crippen molar-refractivity contribution < 1.29 is 0 Å². The van der Waals surface area contributed by atoms with E-state index in [0.717, 1.165) is 34.0 Å². The van der Waals surface area contributed by atoms with Crippen molar-refractivity contribution in [2.24, 2.45) is 0 Å². The summed E-state index contributed by atoms with van der Waals surface area (Å²) in [5.41, 5.74) is 9.13. The molecular weight excluding hydrogens is 607 g/mol. The smallest absolute Gasteiger partial charge is 0.160 e. The van der Waals surface area contributed by atoms with Gasteiger partial charge < -0.3 is 4.57 Å². The Kier molecular flexibility index (Phi) is 5.60. The number of hydrogen-bond acceptors (Lipinski definition) is 3. The maximum absolute atomic E-state index is 5.41. The van der Waals surface area contributed by atoms with Crippen molar-refractivity contribution in [1.29, 1.82) is 0 Å². The van der Waals surface area contributed by atoms with Gasteiger partial charge in [0, 0.05) is 43.1 Å². The Bertz CT molecular complexity index is 2720. The molecule has 3 aromatic heterocycles. The van der Waals surface area contributed by atoms with E-state index < -0.39 is 8.07 Å². The van der Waals surface area contributed by atoms with Gasteiger partial charge in [-0.3, -0.25) is 0 Å². The first-order valence-electron chi connectivity index (χ1n) is 16.1. The van der Waals surface area contributed by atoms with Gasteiger partial charge in [0.25, 0.3) is 0 Å². The van der Waals surface area contributed by atoms with E-state index >= 15 is 0 Å². The maximum atomic E-state index is 5.41. The van der Waals surface area contributed by atoms with Crippen molar-refractivity contribution in [3.8, 4) is 39.6 Å². The summed E-state index contributed by atoms with van der Waals surface area (Å²) in [5.74, 6) is 0.763. The highest BCUT2D eigenvalue weighted by molar-refractivity contribution is 7.26. The molecule has 1 aliphatic rings. The summed E-state index contributed by atoms with van der Waals surface area (Å²) in [6.45, 7) is 4.87. The predicted molar refractivity (Wildman–Crippen MR) is 202 cm³/mol. The first kappa shape index (κ1) is 26.8. The molecule has 222 valence electrons. The van der Waals surface area contributed by atoms with Gasteiger partial charge in [0.05, 0.1) is 27.1 Å². The monoisotopic (exact) mass is 635 g/mol. The largest absolute Gasteiger partial charge is 0.308 e. The zero-order valence-corrected chi connectivity index (χ0v) is 27.8. The lowest BCUT2D eigenvalue weighted by Gasteiger charge is -2.21. The van der Waals surface area contributed by atoms with Crippen molar-refractivity contribution >= 4 is 71.8 Å². The topological polar surface area (TPSA) is 30.7 Å². The minimum Gasteiger partial charge on any atom is -0.308 e.